The van der Waals surface area contributed by atoms with Crippen molar-refractivity contribution in [3.63, 3.8) is 0 Å². The summed E-state index contributed by atoms with van der Waals surface area (Å²) in [5.41, 5.74) is 2.97. The van der Waals surface area contributed by atoms with E-state index in [4.69, 9.17) is 0 Å². The summed E-state index contributed by atoms with van der Waals surface area (Å²) in [7, 11) is 0. The van der Waals surface area contributed by atoms with Gasteiger partial charge >= 0.3 is 12.0 Å². The summed E-state index contributed by atoms with van der Waals surface area (Å²) in [6.07, 6.45) is 6.56. The first-order valence-electron chi connectivity index (χ1n) is 8.26. The topological polar surface area (TPSA) is 108 Å². The van der Waals surface area contributed by atoms with Gasteiger partial charge in [-0.05, 0) is 30.3 Å². The average molecular weight is 389 g/mol. The summed E-state index contributed by atoms with van der Waals surface area (Å²) in [6, 6.07) is 8.47. The molecule has 2 N–H and O–H groups in total. The molecule has 9 heteroatoms. The lowest BCUT2D eigenvalue weighted by Crippen LogP contribution is -2.34. The number of carbonyl (C=O) groups is 2. The van der Waals surface area contributed by atoms with Gasteiger partial charge < -0.3 is 10.4 Å². The van der Waals surface area contributed by atoms with Crippen LogP contribution < -0.4 is 10.2 Å². The number of amides is 2. The Hall–Kier alpha value is -3.85. The smallest absolute Gasteiger partial charge is 0.348 e. The molecule has 8 nitrogen and oxygen atoms in total. The molecule has 28 heavy (non-hydrogen) atoms. The summed E-state index contributed by atoms with van der Waals surface area (Å²) >= 11 is 1.04. The minimum atomic E-state index is -1.10. The first-order valence-corrected chi connectivity index (χ1v) is 9.07. The number of rotatable bonds is 3. The Bertz CT molecular complexity index is 1260. The number of nitrogens with zero attached hydrogens (tertiary/aromatic N) is 4. The number of hydrogen-bond donors (Lipinski definition) is 2. The second kappa shape index (κ2) is 6.10. The lowest BCUT2D eigenvalue weighted by atomic mass is 10.1. The third kappa shape index (κ3) is 2.41. The Labute approximate surface area is 162 Å². The third-order valence-corrected chi connectivity index (χ3v) is 5.48. The lowest BCUT2D eigenvalue weighted by Gasteiger charge is -2.28. The number of thiophene rings is 1. The third-order valence-electron chi connectivity index (χ3n) is 4.40. The predicted octanol–water partition coefficient (Wildman–Crippen LogP) is 4.14. The highest BCUT2D eigenvalue weighted by molar-refractivity contribution is 7.21. The standard InChI is InChI=1S/C19H11N5O3S/c25-18(26)16-15-14-13(4-7-22-17(14)28-16)24(19(27)23-15)11-3-6-21-12(8-11)10-2-1-5-20-9-10/h1-9H,(H,23,27)(H,25,26). The molecular formula is C19H11N5O3S. The van der Waals surface area contributed by atoms with E-state index in [-0.39, 0.29) is 4.88 Å². The van der Waals surface area contributed by atoms with Crippen LogP contribution in [0.2, 0.25) is 0 Å². The van der Waals surface area contributed by atoms with Gasteiger partial charge in [0.2, 0.25) is 0 Å². The molecule has 0 radical (unpaired) electrons. The van der Waals surface area contributed by atoms with Crippen LogP contribution in [0.1, 0.15) is 9.67 Å². The van der Waals surface area contributed by atoms with Crippen molar-refractivity contribution in [2.45, 2.75) is 0 Å². The maximum atomic E-state index is 12.9. The van der Waals surface area contributed by atoms with E-state index in [0.717, 1.165) is 16.9 Å². The molecular weight excluding hydrogens is 378 g/mol. The number of carboxylic acids is 1. The van der Waals surface area contributed by atoms with Crippen molar-refractivity contribution >= 4 is 50.6 Å². The number of aromatic carboxylic acids is 1. The number of nitrogens with one attached hydrogen (secondary N) is 1. The lowest BCUT2D eigenvalue weighted by molar-refractivity contribution is 0.0703. The van der Waals surface area contributed by atoms with Crippen molar-refractivity contribution in [1.29, 1.82) is 0 Å². The van der Waals surface area contributed by atoms with Crippen LogP contribution in [0.25, 0.3) is 21.5 Å². The highest BCUT2D eigenvalue weighted by Gasteiger charge is 2.32. The molecule has 0 unspecified atom stereocenters. The molecule has 0 aromatic carbocycles. The molecule has 0 spiro atoms. The highest BCUT2D eigenvalue weighted by atomic mass is 32.1. The van der Waals surface area contributed by atoms with E-state index < -0.39 is 12.0 Å². The number of aromatic nitrogens is 3. The van der Waals surface area contributed by atoms with Gasteiger partial charge in [-0.1, -0.05) is 0 Å². The van der Waals surface area contributed by atoms with E-state index in [1.54, 1.807) is 43.0 Å². The van der Waals surface area contributed by atoms with Crippen LogP contribution in [0.5, 0.6) is 0 Å². The fourth-order valence-electron chi connectivity index (χ4n) is 3.22. The number of hydrogen-bond acceptors (Lipinski definition) is 6. The van der Waals surface area contributed by atoms with Crippen LogP contribution in [0.4, 0.5) is 21.9 Å². The van der Waals surface area contributed by atoms with E-state index in [2.05, 4.69) is 20.3 Å². The first kappa shape index (κ1) is 16.3. The fraction of sp³-hybridized carbons (Fsp3) is 0. The Morgan fingerprint density at radius 2 is 2.00 bits per heavy atom. The van der Waals surface area contributed by atoms with Crippen molar-refractivity contribution in [2.24, 2.45) is 0 Å². The van der Waals surface area contributed by atoms with Crippen molar-refractivity contribution in [2.75, 3.05) is 10.2 Å². The quantitative estimate of drug-likeness (QED) is 0.545. The van der Waals surface area contributed by atoms with E-state index in [1.165, 1.54) is 4.90 Å². The molecule has 0 saturated heterocycles. The molecule has 2 amide bonds. The molecule has 4 aromatic heterocycles. The zero-order valence-corrected chi connectivity index (χ0v) is 15.0. The first-order chi connectivity index (χ1) is 13.6. The van der Waals surface area contributed by atoms with Crippen LogP contribution in [-0.2, 0) is 0 Å². The number of carbonyl (C=O) groups excluding carboxylic acids is 1. The minimum absolute atomic E-state index is 0.0636. The highest BCUT2D eigenvalue weighted by Crippen LogP contribution is 2.45. The SMILES string of the molecule is O=C(O)c1sc2nccc3c2c1NC(=O)N3c1ccnc(-c2cccnc2)c1. The van der Waals surface area contributed by atoms with Crippen molar-refractivity contribution in [3.05, 3.63) is 60.0 Å². The molecule has 5 rings (SSSR count). The largest absolute Gasteiger partial charge is 0.477 e. The van der Waals surface area contributed by atoms with Crippen LogP contribution in [-0.4, -0.2) is 32.1 Å². The maximum absolute atomic E-state index is 12.9. The average Bonchev–Trinajstić information content (AvgIpc) is 3.09. The second-order valence-corrected chi connectivity index (χ2v) is 7.03. The summed E-state index contributed by atoms with van der Waals surface area (Å²) in [6.45, 7) is 0. The maximum Gasteiger partial charge on any atom is 0.348 e. The number of urea groups is 1. The molecule has 0 bridgehead atoms. The van der Waals surface area contributed by atoms with Gasteiger partial charge in [0.25, 0.3) is 0 Å². The molecule has 4 aromatic rings. The molecule has 0 aliphatic carbocycles. The summed E-state index contributed by atoms with van der Waals surface area (Å²) < 4.78 is 0. The molecule has 0 saturated carbocycles. The summed E-state index contributed by atoms with van der Waals surface area (Å²) in [4.78, 5) is 39.3. The molecule has 0 fully saturated rings. The van der Waals surface area contributed by atoms with Gasteiger partial charge in [-0.2, -0.15) is 0 Å². The van der Waals surface area contributed by atoms with Gasteiger partial charge in [0.15, 0.2) is 0 Å². The molecule has 0 atom stereocenters. The second-order valence-electron chi connectivity index (χ2n) is 6.03. The van der Waals surface area contributed by atoms with E-state index in [9.17, 15) is 14.7 Å². The van der Waals surface area contributed by atoms with Crippen molar-refractivity contribution in [1.82, 2.24) is 15.0 Å². The number of anilines is 3. The Balaban J connectivity index is 1.70. The van der Waals surface area contributed by atoms with Crippen LogP contribution in [0.15, 0.2) is 55.1 Å². The number of carboxylic acid groups (broad SMARTS) is 1. The van der Waals surface area contributed by atoms with Crippen LogP contribution >= 0.6 is 11.3 Å². The van der Waals surface area contributed by atoms with Crippen LogP contribution in [0, 0.1) is 0 Å². The Morgan fingerprint density at radius 1 is 1.14 bits per heavy atom. The van der Waals surface area contributed by atoms with Crippen molar-refractivity contribution in [3.8, 4) is 11.3 Å². The predicted molar refractivity (Wildman–Crippen MR) is 105 cm³/mol. The minimum Gasteiger partial charge on any atom is -0.477 e. The monoisotopic (exact) mass is 389 g/mol. The molecule has 1 aliphatic heterocycles. The molecule has 1 aliphatic rings. The van der Waals surface area contributed by atoms with Crippen LogP contribution in [0.3, 0.4) is 0 Å². The van der Waals surface area contributed by atoms with E-state index in [0.29, 0.717) is 33.0 Å². The van der Waals surface area contributed by atoms with Gasteiger partial charge in [0.1, 0.15) is 9.71 Å². The Kier molecular flexibility index (Phi) is 3.56. The van der Waals surface area contributed by atoms with Gasteiger partial charge in [0.05, 0.1) is 28.1 Å². The van der Waals surface area contributed by atoms with E-state index in [1.807, 2.05) is 12.1 Å². The zero-order chi connectivity index (χ0) is 19.3. The molecule has 5 heterocycles. The normalized spacial score (nSPS) is 12.9. The van der Waals surface area contributed by atoms with Gasteiger partial charge in [0, 0.05) is 30.4 Å². The Morgan fingerprint density at radius 3 is 2.79 bits per heavy atom. The molecule has 136 valence electrons. The van der Waals surface area contributed by atoms with Gasteiger partial charge in [-0.15, -0.1) is 11.3 Å². The van der Waals surface area contributed by atoms with E-state index >= 15 is 0 Å². The zero-order valence-electron chi connectivity index (χ0n) is 14.2. The fourth-order valence-corrected chi connectivity index (χ4v) is 4.18. The summed E-state index contributed by atoms with van der Waals surface area (Å²) in [5.74, 6) is -1.10. The van der Waals surface area contributed by atoms with Crippen molar-refractivity contribution < 1.29 is 14.7 Å². The summed E-state index contributed by atoms with van der Waals surface area (Å²) in [5, 5.41) is 12.8. The number of pyridine rings is 3. The van der Waals surface area contributed by atoms with Gasteiger partial charge in [-0.25, -0.2) is 14.6 Å². The van der Waals surface area contributed by atoms with Gasteiger partial charge in [-0.3, -0.25) is 14.9 Å².